The number of hydrogen-bond donors (Lipinski definition) is 2. The van der Waals surface area contributed by atoms with E-state index in [4.69, 9.17) is 4.74 Å². The molecule has 1 aromatic carbocycles. The van der Waals surface area contributed by atoms with Gasteiger partial charge in [0.1, 0.15) is 11.6 Å². The van der Waals surface area contributed by atoms with E-state index in [0.717, 1.165) is 23.7 Å². The van der Waals surface area contributed by atoms with E-state index in [1.807, 2.05) is 0 Å². The van der Waals surface area contributed by atoms with Crippen molar-refractivity contribution in [2.24, 2.45) is 0 Å². The topological polar surface area (TPSA) is 116 Å². The molecule has 1 aliphatic heterocycles. The van der Waals surface area contributed by atoms with Gasteiger partial charge in [0.15, 0.2) is 16.8 Å². The van der Waals surface area contributed by atoms with Crippen LogP contribution >= 0.6 is 11.8 Å². The number of methoxy groups -OCH3 is 1. The van der Waals surface area contributed by atoms with E-state index >= 15 is 0 Å². The summed E-state index contributed by atoms with van der Waals surface area (Å²) in [5, 5.41) is 0.156. The molecule has 14 heteroatoms. The van der Waals surface area contributed by atoms with Gasteiger partial charge >= 0.3 is 10.2 Å². The molecule has 0 spiro atoms. The van der Waals surface area contributed by atoms with Crippen LogP contribution in [0.1, 0.15) is 11.4 Å². The molecule has 0 radical (unpaired) electrons. The van der Waals surface area contributed by atoms with Crippen LogP contribution in [0.5, 0.6) is 5.88 Å². The van der Waals surface area contributed by atoms with Gasteiger partial charge in [-0.25, -0.2) is 18.7 Å². The molecule has 1 aliphatic rings. The standard InChI is InChI=1S/C20H23F2N7O3S2/c1-32-18-11-16(25-20(26-18)33-13-14-3-2-4-15(21)19(14)22)27-34(30,31)29-9-7-28(8-10-29)12-17-23-5-6-24-17/h2-6,11H,7-10,12-13H2,1H3,(H,23,24)(H,25,26,27). The normalized spacial score (nSPS) is 15.4. The number of ether oxygens (including phenoxy) is 1. The summed E-state index contributed by atoms with van der Waals surface area (Å²) in [6.45, 7) is 2.32. The molecule has 1 fully saturated rings. The average molecular weight is 512 g/mol. The molecule has 0 saturated carbocycles. The number of aromatic nitrogens is 4. The van der Waals surface area contributed by atoms with Crippen molar-refractivity contribution in [1.82, 2.24) is 29.1 Å². The summed E-state index contributed by atoms with van der Waals surface area (Å²) in [6, 6.07) is 5.27. The molecule has 0 bridgehead atoms. The van der Waals surface area contributed by atoms with Gasteiger partial charge < -0.3 is 9.72 Å². The Morgan fingerprint density at radius 3 is 2.71 bits per heavy atom. The molecular formula is C20H23F2N7O3S2. The van der Waals surface area contributed by atoms with Gasteiger partial charge in [0.05, 0.1) is 13.7 Å². The number of rotatable bonds is 9. The van der Waals surface area contributed by atoms with Crippen LogP contribution in [0.2, 0.25) is 0 Å². The highest BCUT2D eigenvalue weighted by atomic mass is 32.2. The molecule has 2 N–H and O–H groups in total. The quantitative estimate of drug-likeness (QED) is 0.332. The molecule has 0 aliphatic carbocycles. The molecule has 2 aromatic heterocycles. The van der Waals surface area contributed by atoms with E-state index in [2.05, 4.69) is 29.6 Å². The van der Waals surface area contributed by atoms with Gasteiger partial charge in [0.2, 0.25) is 5.88 Å². The number of nitrogens with one attached hydrogen (secondary N) is 2. The maximum Gasteiger partial charge on any atom is 0.302 e. The van der Waals surface area contributed by atoms with Crippen LogP contribution in [0.3, 0.4) is 0 Å². The summed E-state index contributed by atoms with van der Waals surface area (Å²) < 4.78 is 62.2. The number of piperazine rings is 1. The lowest BCUT2D eigenvalue weighted by molar-refractivity contribution is 0.179. The number of benzene rings is 1. The summed E-state index contributed by atoms with van der Waals surface area (Å²) in [4.78, 5) is 17.7. The molecule has 34 heavy (non-hydrogen) atoms. The summed E-state index contributed by atoms with van der Waals surface area (Å²) in [5.74, 6) is -0.844. The molecule has 4 rings (SSSR count). The Morgan fingerprint density at radius 1 is 1.21 bits per heavy atom. The number of halogens is 2. The van der Waals surface area contributed by atoms with Crippen LogP contribution < -0.4 is 9.46 Å². The van der Waals surface area contributed by atoms with Crippen LogP contribution in [0.15, 0.2) is 41.8 Å². The first-order valence-corrected chi connectivity index (χ1v) is 12.7. The Balaban J connectivity index is 1.40. The number of imidazole rings is 1. The number of nitrogens with zero attached hydrogens (tertiary/aromatic N) is 5. The summed E-state index contributed by atoms with van der Waals surface area (Å²) in [6.07, 6.45) is 3.42. The third-order valence-corrected chi connectivity index (χ3v) is 7.52. The van der Waals surface area contributed by atoms with Crippen molar-refractivity contribution in [2.45, 2.75) is 17.5 Å². The predicted molar refractivity (Wildman–Crippen MR) is 122 cm³/mol. The molecular weight excluding hydrogens is 488 g/mol. The number of anilines is 1. The first-order valence-electron chi connectivity index (χ1n) is 10.3. The van der Waals surface area contributed by atoms with E-state index in [1.54, 1.807) is 12.4 Å². The zero-order valence-electron chi connectivity index (χ0n) is 18.2. The third-order valence-electron chi connectivity index (χ3n) is 5.11. The van der Waals surface area contributed by atoms with Gasteiger partial charge in [-0.2, -0.15) is 17.7 Å². The van der Waals surface area contributed by atoms with Gasteiger partial charge in [0, 0.05) is 56.0 Å². The Labute approximate surface area is 199 Å². The van der Waals surface area contributed by atoms with Crippen LogP contribution in [0.25, 0.3) is 0 Å². The Kier molecular flexibility index (Phi) is 7.60. The van der Waals surface area contributed by atoms with Gasteiger partial charge in [-0.1, -0.05) is 23.9 Å². The molecule has 0 unspecified atom stereocenters. The van der Waals surface area contributed by atoms with E-state index in [9.17, 15) is 17.2 Å². The predicted octanol–water partition coefficient (Wildman–Crippen LogP) is 2.25. The fourth-order valence-electron chi connectivity index (χ4n) is 3.35. The minimum absolute atomic E-state index is 0.0204. The van der Waals surface area contributed by atoms with Crippen LogP contribution in [0.4, 0.5) is 14.6 Å². The average Bonchev–Trinajstić information content (AvgIpc) is 3.33. The highest BCUT2D eigenvalue weighted by molar-refractivity contribution is 7.98. The minimum Gasteiger partial charge on any atom is -0.481 e. The van der Waals surface area contributed by atoms with Crippen molar-refractivity contribution in [1.29, 1.82) is 0 Å². The van der Waals surface area contributed by atoms with Gasteiger partial charge in [-0.15, -0.1) is 0 Å². The Hall–Kier alpha value is -2.81. The second-order valence-corrected chi connectivity index (χ2v) is 10.0. The van der Waals surface area contributed by atoms with Crippen LogP contribution in [-0.2, 0) is 22.5 Å². The highest BCUT2D eigenvalue weighted by Gasteiger charge is 2.28. The Bertz CT molecular complexity index is 1220. The smallest absolute Gasteiger partial charge is 0.302 e. The molecule has 10 nitrogen and oxygen atoms in total. The second-order valence-electron chi connectivity index (χ2n) is 7.40. The van der Waals surface area contributed by atoms with Crippen LogP contribution in [-0.4, -0.2) is 70.8 Å². The SMILES string of the molecule is COc1cc(NS(=O)(=O)N2CCN(Cc3ncc[nH]3)CC2)nc(SCc2cccc(F)c2F)n1. The first kappa shape index (κ1) is 24.3. The lowest BCUT2D eigenvalue weighted by atomic mass is 10.2. The molecule has 1 saturated heterocycles. The van der Waals surface area contributed by atoms with Crippen molar-refractivity contribution in [3.63, 3.8) is 0 Å². The zero-order chi connectivity index (χ0) is 24.1. The molecule has 3 aromatic rings. The lowest BCUT2D eigenvalue weighted by Gasteiger charge is -2.33. The number of hydrogen-bond acceptors (Lipinski definition) is 8. The number of aromatic amines is 1. The van der Waals surface area contributed by atoms with E-state index in [-0.39, 0.29) is 28.2 Å². The molecule has 0 amide bonds. The van der Waals surface area contributed by atoms with Crippen molar-refractivity contribution in [2.75, 3.05) is 38.0 Å². The maximum absolute atomic E-state index is 13.9. The number of H-pyrrole nitrogens is 1. The van der Waals surface area contributed by atoms with E-state index in [0.29, 0.717) is 32.7 Å². The molecule has 0 atom stereocenters. The van der Waals surface area contributed by atoms with Gasteiger partial charge in [-0.3, -0.25) is 9.62 Å². The highest BCUT2D eigenvalue weighted by Crippen LogP contribution is 2.26. The van der Waals surface area contributed by atoms with Crippen molar-refractivity contribution in [3.8, 4) is 5.88 Å². The second kappa shape index (κ2) is 10.6. The van der Waals surface area contributed by atoms with Crippen molar-refractivity contribution >= 4 is 27.8 Å². The summed E-state index contributed by atoms with van der Waals surface area (Å²) in [5.41, 5.74) is 0.144. The van der Waals surface area contributed by atoms with Crippen molar-refractivity contribution < 1.29 is 21.9 Å². The van der Waals surface area contributed by atoms with Crippen LogP contribution in [0, 0.1) is 11.6 Å². The lowest BCUT2D eigenvalue weighted by Crippen LogP contribution is -2.50. The zero-order valence-corrected chi connectivity index (χ0v) is 19.9. The van der Waals surface area contributed by atoms with Crippen molar-refractivity contribution in [3.05, 3.63) is 59.7 Å². The van der Waals surface area contributed by atoms with Gasteiger partial charge in [-0.05, 0) is 6.07 Å². The molecule has 3 heterocycles. The van der Waals surface area contributed by atoms with Gasteiger partial charge in [0.25, 0.3) is 0 Å². The van der Waals surface area contributed by atoms with E-state index in [1.165, 1.54) is 29.6 Å². The summed E-state index contributed by atoms with van der Waals surface area (Å²) in [7, 11) is -2.49. The fraction of sp³-hybridized carbons (Fsp3) is 0.350. The Morgan fingerprint density at radius 2 is 2.00 bits per heavy atom. The number of thioether (sulfide) groups is 1. The minimum atomic E-state index is -3.87. The largest absolute Gasteiger partial charge is 0.481 e. The third kappa shape index (κ3) is 6.00. The van der Waals surface area contributed by atoms with E-state index < -0.39 is 21.8 Å². The first-order chi connectivity index (χ1) is 16.3. The monoisotopic (exact) mass is 511 g/mol. The maximum atomic E-state index is 13.9. The summed E-state index contributed by atoms with van der Waals surface area (Å²) >= 11 is 1.03. The fourth-order valence-corrected chi connectivity index (χ4v) is 5.32. The molecule has 182 valence electrons.